The minimum atomic E-state index is 0.0729. The number of fused-ring (bicyclic) bond motifs is 1. The van der Waals surface area contributed by atoms with Gasteiger partial charge < -0.3 is 0 Å². The molecule has 0 spiro atoms. The molecule has 80 valence electrons. The summed E-state index contributed by atoms with van der Waals surface area (Å²) in [6.07, 6.45) is 4.43. The van der Waals surface area contributed by atoms with Crippen molar-refractivity contribution < 1.29 is 0 Å². The van der Waals surface area contributed by atoms with Gasteiger partial charge in [0.2, 0.25) is 0 Å². The third kappa shape index (κ3) is 1.97. The van der Waals surface area contributed by atoms with Gasteiger partial charge in [0.25, 0.3) is 5.56 Å². The van der Waals surface area contributed by atoms with Crippen molar-refractivity contribution >= 4 is 11.6 Å². The first-order valence-corrected chi connectivity index (χ1v) is 5.55. The van der Waals surface area contributed by atoms with Gasteiger partial charge in [-0.3, -0.25) is 9.36 Å². The molecule has 0 radical (unpaired) electrons. The topological polar surface area (TPSA) is 34.9 Å². The highest BCUT2D eigenvalue weighted by Gasteiger charge is 2.16. The van der Waals surface area contributed by atoms with E-state index in [-0.39, 0.29) is 5.56 Å². The number of rotatable bonds is 3. The summed E-state index contributed by atoms with van der Waals surface area (Å²) in [5.41, 5.74) is 2.75. The summed E-state index contributed by atoms with van der Waals surface area (Å²) >= 11 is 5.64. The molecule has 0 amide bonds. The van der Waals surface area contributed by atoms with E-state index in [9.17, 15) is 4.79 Å². The van der Waals surface area contributed by atoms with E-state index < -0.39 is 0 Å². The summed E-state index contributed by atoms with van der Waals surface area (Å²) in [5.74, 6) is 0.378. The smallest absolute Gasteiger partial charge is 0.257 e. The van der Waals surface area contributed by atoms with Gasteiger partial charge in [-0.25, -0.2) is 4.98 Å². The lowest BCUT2D eigenvalue weighted by Crippen LogP contribution is -2.25. The number of alkyl halides is 1. The van der Waals surface area contributed by atoms with Crippen molar-refractivity contribution in [3.8, 4) is 0 Å². The van der Waals surface area contributed by atoms with Gasteiger partial charge in [-0.2, -0.15) is 0 Å². The maximum absolute atomic E-state index is 12.0. The molecular weight excluding hydrogens is 212 g/mol. The third-order valence-electron chi connectivity index (χ3n) is 2.64. The van der Waals surface area contributed by atoms with Gasteiger partial charge in [0.1, 0.15) is 0 Å². The van der Waals surface area contributed by atoms with Crippen molar-refractivity contribution in [1.29, 1.82) is 0 Å². The molecule has 1 aromatic heterocycles. The quantitative estimate of drug-likeness (QED) is 0.577. The number of nitrogens with zero attached hydrogens (tertiary/aromatic N) is 2. The van der Waals surface area contributed by atoms with E-state index in [1.165, 1.54) is 0 Å². The fourth-order valence-corrected chi connectivity index (χ4v) is 1.95. The molecule has 15 heavy (non-hydrogen) atoms. The standard InChI is InChI=1S/C11H13ClN2O/c1-8(5-12)6-14-7-13-10-4-2-3-9(10)11(14)15/h7H,1-6H2. The number of allylic oxidation sites excluding steroid dienone is 1. The molecule has 0 atom stereocenters. The highest BCUT2D eigenvalue weighted by Crippen LogP contribution is 2.15. The summed E-state index contributed by atoms with van der Waals surface area (Å²) in [7, 11) is 0. The molecule has 2 rings (SSSR count). The Balaban J connectivity index is 2.35. The summed E-state index contributed by atoms with van der Waals surface area (Å²) in [4.78, 5) is 16.2. The summed E-state index contributed by atoms with van der Waals surface area (Å²) in [5, 5.41) is 0. The van der Waals surface area contributed by atoms with Crippen molar-refractivity contribution in [2.45, 2.75) is 25.8 Å². The van der Waals surface area contributed by atoms with Crippen LogP contribution in [0.3, 0.4) is 0 Å². The number of aromatic nitrogens is 2. The molecule has 0 bridgehead atoms. The van der Waals surface area contributed by atoms with Crippen LogP contribution in [0.5, 0.6) is 0 Å². The maximum atomic E-state index is 12.0. The van der Waals surface area contributed by atoms with Gasteiger partial charge in [0.15, 0.2) is 0 Å². The Morgan fingerprint density at radius 2 is 2.40 bits per heavy atom. The van der Waals surface area contributed by atoms with Crippen LogP contribution in [0.2, 0.25) is 0 Å². The van der Waals surface area contributed by atoms with Crippen LogP contribution < -0.4 is 5.56 Å². The average molecular weight is 225 g/mol. The van der Waals surface area contributed by atoms with Gasteiger partial charge in [0, 0.05) is 18.0 Å². The molecule has 1 heterocycles. The fourth-order valence-electron chi connectivity index (χ4n) is 1.86. The lowest BCUT2D eigenvalue weighted by molar-refractivity contribution is 0.714. The van der Waals surface area contributed by atoms with Crippen LogP contribution >= 0.6 is 11.6 Å². The summed E-state index contributed by atoms with van der Waals surface area (Å²) < 4.78 is 1.59. The summed E-state index contributed by atoms with van der Waals surface area (Å²) in [6.45, 7) is 4.26. The number of aryl methyl sites for hydroxylation is 1. The first-order valence-electron chi connectivity index (χ1n) is 5.02. The van der Waals surface area contributed by atoms with E-state index in [0.29, 0.717) is 12.4 Å². The Labute approximate surface area is 93.4 Å². The molecule has 1 aromatic rings. The minimum absolute atomic E-state index is 0.0729. The SMILES string of the molecule is C=C(CCl)Cn1cnc2c(c1=O)CCC2. The van der Waals surface area contributed by atoms with Crippen LogP contribution in [0.25, 0.3) is 0 Å². The Bertz CT molecular complexity index is 450. The second-order valence-electron chi connectivity index (χ2n) is 3.84. The van der Waals surface area contributed by atoms with Crippen LogP contribution in [0.15, 0.2) is 23.3 Å². The lowest BCUT2D eigenvalue weighted by Gasteiger charge is -2.07. The molecule has 0 aliphatic heterocycles. The molecule has 4 heteroatoms. The predicted molar refractivity (Wildman–Crippen MR) is 60.4 cm³/mol. The zero-order valence-corrected chi connectivity index (χ0v) is 9.26. The summed E-state index contributed by atoms with van der Waals surface area (Å²) in [6, 6.07) is 0. The third-order valence-corrected chi connectivity index (χ3v) is 3.02. The second kappa shape index (κ2) is 4.19. The monoisotopic (exact) mass is 224 g/mol. The van der Waals surface area contributed by atoms with Crippen molar-refractivity contribution in [3.63, 3.8) is 0 Å². The molecule has 0 saturated carbocycles. The molecule has 1 aliphatic rings. The molecule has 1 aliphatic carbocycles. The molecule has 3 nitrogen and oxygen atoms in total. The van der Waals surface area contributed by atoms with E-state index in [1.807, 2.05) is 0 Å². The minimum Gasteiger partial charge on any atom is -0.295 e. The zero-order chi connectivity index (χ0) is 10.8. The van der Waals surface area contributed by atoms with E-state index in [1.54, 1.807) is 10.9 Å². The second-order valence-corrected chi connectivity index (χ2v) is 4.11. The molecular formula is C11H13ClN2O. The lowest BCUT2D eigenvalue weighted by atomic mass is 10.2. The first-order chi connectivity index (χ1) is 7.22. The van der Waals surface area contributed by atoms with Gasteiger partial charge in [-0.05, 0) is 24.8 Å². The van der Waals surface area contributed by atoms with Gasteiger partial charge in [-0.15, -0.1) is 11.6 Å². The van der Waals surface area contributed by atoms with E-state index in [0.717, 1.165) is 36.1 Å². The van der Waals surface area contributed by atoms with E-state index >= 15 is 0 Å². The molecule has 0 N–H and O–H groups in total. The van der Waals surface area contributed by atoms with Crippen LogP contribution in [-0.2, 0) is 19.4 Å². The van der Waals surface area contributed by atoms with Gasteiger partial charge >= 0.3 is 0 Å². The number of hydrogen-bond donors (Lipinski definition) is 0. The average Bonchev–Trinajstić information content (AvgIpc) is 2.70. The maximum Gasteiger partial charge on any atom is 0.257 e. The van der Waals surface area contributed by atoms with Crippen molar-refractivity contribution in [3.05, 3.63) is 40.1 Å². The Morgan fingerprint density at radius 1 is 1.60 bits per heavy atom. The fraction of sp³-hybridized carbons (Fsp3) is 0.455. The number of hydrogen-bond acceptors (Lipinski definition) is 2. The van der Waals surface area contributed by atoms with Crippen LogP contribution in [0.1, 0.15) is 17.7 Å². The van der Waals surface area contributed by atoms with E-state index in [4.69, 9.17) is 11.6 Å². The van der Waals surface area contributed by atoms with Crippen molar-refractivity contribution in [1.82, 2.24) is 9.55 Å². The van der Waals surface area contributed by atoms with Gasteiger partial charge in [-0.1, -0.05) is 6.58 Å². The molecule has 0 aromatic carbocycles. The number of halogens is 1. The van der Waals surface area contributed by atoms with Crippen molar-refractivity contribution in [2.24, 2.45) is 0 Å². The highest BCUT2D eigenvalue weighted by atomic mass is 35.5. The van der Waals surface area contributed by atoms with Crippen molar-refractivity contribution in [2.75, 3.05) is 5.88 Å². The first kappa shape index (κ1) is 10.4. The van der Waals surface area contributed by atoms with Gasteiger partial charge in [0.05, 0.1) is 12.0 Å². The highest BCUT2D eigenvalue weighted by molar-refractivity contribution is 6.19. The largest absolute Gasteiger partial charge is 0.295 e. The normalized spacial score (nSPS) is 13.9. The Hall–Kier alpha value is -1.09. The predicted octanol–water partition coefficient (Wildman–Crippen LogP) is 1.53. The Kier molecular flexibility index (Phi) is 2.91. The molecule has 0 unspecified atom stereocenters. The Morgan fingerprint density at radius 3 is 3.13 bits per heavy atom. The van der Waals surface area contributed by atoms with E-state index in [2.05, 4.69) is 11.6 Å². The molecule has 0 fully saturated rings. The molecule has 0 saturated heterocycles. The zero-order valence-electron chi connectivity index (χ0n) is 8.50. The van der Waals surface area contributed by atoms with Crippen LogP contribution in [0.4, 0.5) is 0 Å². The van der Waals surface area contributed by atoms with Crippen LogP contribution in [0, 0.1) is 0 Å². The van der Waals surface area contributed by atoms with Crippen LogP contribution in [-0.4, -0.2) is 15.4 Å².